The molecule has 4 nitrogen and oxygen atoms in total. The van der Waals surface area contributed by atoms with E-state index < -0.39 is 9.96 Å². The van der Waals surface area contributed by atoms with Crippen LogP contribution in [0.1, 0.15) is 15.9 Å². The first-order valence-electron chi connectivity index (χ1n) is 7.69. The van der Waals surface area contributed by atoms with Crippen LogP contribution in [0, 0.1) is 0 Å². The fourth-order valence-corrected chi connectivity index (χ4v) is 2.61. The van der Waals surface area contributed by atoms with Gasteiger partial charge in [-0.15, -0.1) is 0 Å². The molecule has 0 aromatic heterocycles. The van der Waals surface area contributed by atoms with Gasteiger partial charge in [-0.25, -0.2) is 0 Å². The van der Waals surface area contributed by atoms with Gasteiger partial charge in [0.15, 0.2) is 0 Å². The standard InChI is InChI=1S/C18H19Cl3N2O2/c1-25-15-9-7-14(8-10-15)16(24)23-17(18(19,20)21)22-12-11-13-5-3-2-4-6-13/h2-10,17,22H,11-12H2,1H3,(H,23,24)/t17-/m1/s1. The number of nitrogens with one attached hydrogen (secondary N) is 2. The zero-order valence-corrected chi connectivity index (χ0v) is 15.9. The van der Waals surface area contributed by atoms with Gasteiger partial charge in [0, 0.05) is 12.1 Å². The van der Waals surface area contributed by atoms with Crippen LogP contribution < -0.4 is 15.4 Å². The molecule has 1 amide bonds. The second-order valence-corrected chi connectivity index (χ2v) is 7.74. The molecule has 0 radical (unpaired) electrons. The van der Waals surface area contributed by atoms with Gasteiger partial charge in [-0.3, -0.25) is 10.1 Å². The molecule has 0 saturated carbocycles. The highest BCUT2D eigenvalue weighted by Gasteiger charge is 2.33. The fraction of sp³-hybridized carbons (Fsp3) is 0.278. The third-order valence-electron chi connectivity index (χ3n) is 3.56. The lowest BCUT2D eigenvalue weighted by molar-refractivity contribution is 0.0930. The van der Waals surface area contributed by atoms with Crippen molar-refractivity contribution in [1.29, 1.82) is 0 Å². The molecule has 2 N–H and O–H groups in total. The van der Waals surface area contributed by atoms with Gasteiger partial charge in [-0.1, -0.05) is 65.1 Å². The smallest absolute Gasteiger partial charge is 0.252 e. The van der Waals surface area contributed by atoms with Gasteiger partial charge >= 0.3 is 0 Å². The summed E-state index contributed by atoms with van der Waals surface area (Å²) in [6, 6.07) is 16.6. The fourth-order valence-electron chi connectivity index (χ4n) is 2.21. The SMILES string of the molecule is COc1ccc(C(=O)N[C@@H](NCCc2ccccc2)C(Cl)(Cl)Cl)cc1. The number of methoxy groups -OCH3 is 1. The summed E-state index contributed by atoms with van der Waals surface area (Å²) in [6.45, 7) is 0.547. The Morgan fingerprint density at radius 3 is 2.28 bits per heavy atom. The Labute approximate surface area is 162 Å². The molecular weight excluding hydrogens is 383 g/mol. The number of rotatable bonds is 7. The Morgan fingerprint density at radius 1 is 1.08 bits per heavy atom. The van der Waals surface area contributed by atoms with Crippen LogP contribution >= 0.6 is 34.8 Å². The molecule has 0 fully saturated rings. The average molecular weight is 402 g/mol. The third kappa shape index (κ3) is 6.40. The molecule has 25 heavy (non-hydrogen) atoms. The maximum atomic E-state index is 12.4. The lowest BCUT2D eigenvalue weighted by atomic mass is 10.1. The maximum absolute atomic E-state index is 12.4. The van der Waals surface area contributed by atoms with Gasteiger partial charge in [-0.2, -0.15) is 0 Å². The molecule has 0 aliphatic carbocycles. The van der Waals surface area contributed by atoms with E-state index in [1.54, 1.807) is 31.4 Å². The van der Waals surface area contributed by atoms with Gasteiger partial charge in [0.1, 0.15) is 11.9 Å². The van der Waals surface area contributed by atoms with Crippen molar-refractivity contribution in [2.45, 2.75) is 16.4 Å². The van der Waals surface area contributed by atoms with E-state index in [9.17, 15) is 4.79 Å². The molecule has 0 aliphatic rings. The van der Waals surface area contributed by atoms with Crippen molar-refractivity contribution >= 4 is 40.7 Å². The minimum Gasteiger partial charge on any atom is -0.497 e. The molecule has 0 bridgehead atoms. The Bertz CT molecular complexity index is 673. The first-order valence-corrected chi connectivity index (χ1v) is 8.82. The molecule has 2 aromatic rings. The van der Waals surface area contributed by atoms with Crippen LogP contribution in [0.5, 0.6) is 5.75 Å². The monoisotopic (exact) mass is 400 g/mol. The quantitative estimate of drug-likeness (QED) is 0.545. The lowest BCUT2D eigenvalue weighted by Gasteiger charge is -2.26. The highest BCUT2D eigenvalue weighted by atomic mass is 35.6. The number of halogens is 3. The van der Waals surface area contributed by atoms with Crippen molar-refractivity contribution in [2.24, 2.45) is 0 Å². The normalized spacial score (nSPS) is 12.5. The zero-order chi connectivity index (χ0) is 18.3. The van der Waals surface area contributed by atoms with E-state index in [1.165, 1.54) is 0 Å². The average Bonchev–Trinajstić information content (AvgIpc) is 2.61. The number of alkyl halides is 3. The largest absolute Gasteiger partial charge is 0.497 e. The van der Waals surface area contributed by atoms with Crippen molar-refractivity contribution in [3.05, 3.63) is 65.7 Å². The molecule has 0 spiro atoms. The van der Waals surface area contributed by atoms with Gasteiger partial charge < -0.3 is 10.1 Å². The van der Waals surface area contributed by atoms with Crippen molar-refractivity contribution in [1.82, 2.24) is 10.6 Å². The van der Waals surface area contributed by atoms with E-state index in [1.807, 2.05) is 30.3 Å². The summed E-state index contributed by atoms with van der Waals surface area (Å²) in [5.41, 5.74) is 1.60. The molecule has 2 aromatic carbocycles. The number of carbonyl (C=O) groups excluding carboxylic acids is 1. The van der Waals surface area contributed by atoms with Gasteiger partial charge in [-0.05, 0) is 36.2 Å². The zero-order valence-electron chi connectivity index (χ0n) is 13.6. The van der Waals surface area contributed by atoms with Crippen molar-refractivity contribution in [3.8, 4) is 5.75 Å². The molecular formula is C18H19Cl3N2O2. The number of carbonyl (C=O) groups is 1. The van der Waals surface area contributed by atoms with Crippen molar-refractivity contribution < 1.29 is 9.53 Å². The highest BCUT2D eigenvalue weighted by molar-refractivity contribution is 6.68. The summed E-state index contributed by atoms with van der Waals surface area (Å²) in [7, 11) is 1.56. The van der Waals surface area contributed by atoms with E-state index >= 15 is 0 Å². The first-order chi connectivity index (χ1) is 11.9. The van der Waals surface area contributed by atoms with Crippen LogP contribution in [0.15, 0.2) is 54.6 Å². The van der Waals surface area contributed by atoms with Gasteiger partial charge in [0.2, 0.25) is 3.79 Å². The minimum atomic E-state index is -1.68. The molecule has 0 unspecified atom stereocenters. The van der Waals surface area contributed by atoms with Crippen LogP contribution in [-0.4, -0.2) is 29.5 Å². The molecule has 2 rings (SSSR count). The van der Waals surface area contributed by atoms with E-state index in [-0.39, 0.29) is 5.91 Å². The predicted octanol–water partition coefficient (Wildman–Crippen LogP) is 3.95. The number of ether oxygens (including phenoxy) is 1. The summed E-state index contributed by atoms with van der Waals surface area (Å²) in [6.07, 6.45) is -0.0768. The summed E-state index contributed by atoms with van der Waals surface area (Å²) in [5.74, 6) is 0.321. The van der Waals surface area contributed by atoms with E-state index in [2.05, 4.69) is 10.6 Å². The number of hydrogen-bond acceptors (Lipinski definition) is 3. The maximum Gasteiger partial charge on any atom is 0.252 e. The Hall–Kier alpha value is -1.46. The molecule has 0 heterocycles. The summed E-state index contributed by atoms with van der Waals surface area (Å²) >= 11 is 18.0. The third-order valence-corrected chi connectivity index (χ3v) is 4.21. The molecule has 0 saturated heterocycles. The van der Waals surface area contributed by atoms with Crippen molar-refractivity contribution in [3.63, 3.8) is 0 Å². The predicted molar refractivity (Wildman–Crippen MR) is 103 cm³/mol. The second kappa shape index (κ2) is 9.30. The van der Waals surface area contributed by atoms with Crippen molar-refractivity contribution in [2.75, 3.05) is 13.7 Å². The van der Waals surface area contributed by atoms with E-state index in [4.69, 9.17) is 39.5 Å². The van der Waals surface area contributed by atoms with Crippen LogP contribution in [0.3, 0.4) is 0 Å². The topological polar surface area (TPSA) is 50.4 Å². The van der Waals surface area contributed by atoms with Crippen LogP contribution in [0.4, 0.5) is 0 Å². The molecule has 134 valence electrons. The second-order valence-electron chi connectivity index (χ2n) is 5.37. The Kier molecular flexibility index (Phi) is 7.38. The number of hydrogen-bond donors (Lipinski definition) is 2. The van der Waals surface area contributed by atoms with E-state index in [0.717, 1.165) is 12.0 Å². The minimum absolute atomic E-state index is 0.341. The molecule has 0 aliphatic heterocycles. The Morgan fingerprint density at radius 2 is 1.72 bits per heavy atom. The molecule has 7 heteroatoms. The number of amides is 1. The van der Waals surface area contributed by atoms with Crippen LogP contribution in [0.2, 0.25) is 0 Å². The van der Waals surface area contributed by atoms with Crippen LogP contribution in [0.25, 0.3) is 0 Å². The van der Waals surface area contributed by atoms with Crippen LogP contribution in [-0.2, 0) is 6.42 Å². The first kappa shape index (κ1) is 19.9. The Balaban J connectivity index is 1.95. The molecule has 1 atom stereocenters. The summed E-state index contributed by atoms with van der Waals surface area (Å²) in [5, 5.41) is 5.79. The van der Waals surface area contributed by atoms with E-state index in [0.29, 0.717) is 17.9 Å². The van der Waals surface area contributed by atoms with Gasteiger partial charge in [0.05, 0.1) is 7.11 Å². The summed E-state index contributed by atoms with van der Waals surface area (Å²) < 4.78 is 3.39. The highest BCUT2D eigenvalue weighted by Crippen LogP contribution is 2.29. The van der Waals surface area contributed by atoms with Gasteiger partial charge in [0.25, 0.3) is 5.91 Å². The number of benzene rings is 2. The summed E-state index contributed by atoms with van der Waals surface area (Å²) in [4.78, 5) is 12.4. The lowest BCUT2D eigenvalue weighted by Crippen LogP contribution is -2.53.